The molecular formula is C19H32O2. The molecule has 2 nitrogen and oxygen atoms in total. The zero-order valence-electron chi connectivity index (χ0n) is 14.7. The van der Waals surface area contributed by atoms with Crippen molar-refractivity contribution in [1.29, 1.82) is 0 Å². The lowest BCUT2D eigenvalue weighted by Crippen LogP contribution is -2.11. The minimum atomic E-state index is -0.130. The third-order valence-corrected chi connectivity index (χ3v) is 3.55. The molecule has 0 aromatic rings. The Labute approximate surface area is 131 Å². The number of carbonyl (C=O) groups excluding carboxylic acids is 1. The number of hydrogen-bond donors (Lipinski definition) is 0. The standard InChI is InChI=1S/C19H32O2/c1-15(2)9-7-10-16(3)11-8-12-17(4)13-14-18(5)19(20)21-6/h9,11,13,18H,7-8,10,12,14H2,1-6H3. The summed E-state index contributed by atoms with van der Waals surface area (Å²) in [5.41, 5.74) is 4.20. The van der Waals surface area contributed by atoms with Gasteiger partial charge in [-0.15, -0.1) is 0 Å². The van der Waals surface area contributed by atoms with Gasteiger partial charge in [-0.25, -0.2) is 0 Å². The summed E-state index contributed by atoms with van der Waals surface area (Å²) >= 11 is 0. The summed E-state index contributed by atoms with van der Waals surface area (Å²) in [6, 6.07) is 0. The highest BCUT2D eigenvalue weighted by Crippen LogP contribution is 2.13. The van der Waals surface area contributed by atoms with Crippen molar-refractivity contribution in [3.05, 3.63) is 34.9 Å². The lowest BCUT2D eigenvalue weighted by molar-refractivity contribution is -0.144. The first-order chi connectivity index (χ1) is 9.86. The van der Waals surface area contributed by atoms with E-state index in [0.717, 1.165) is 32.1 Å². The first-order valence-corrected chi connectivity index (χ1v) is 7.89. The molecular weight excluding hydrogens is 260 g/mol. The predicted octanol–water partition coefficient (Wildman–Crippen LogP) is 5.60. The maximum absolute atomic E-state index is 11.3. The highest BCUT2D eigenvalue weighted by atomic mass is 16.5. The molecule has 120 valence electrons. The number of hydrogen-bond acceptors (Lipinski definition) is 2. The van der Waals surface area contributed by atoms with Crippen molar-refractivity contribution in [2.45, 2.75) is 66.7 Å². The van der Waals surface area contributed by atoms with E-state index in [1.165, 1.54) is 23.8 Å². The van der Waals surface area contributed by atoms with E-state index >= 15 is 0 Å². The highest BCUT2D eigenvalue weighted by molar-refractivity contribution is 5.71. The number of methoxy groups -OCH3 is 1. The van der Waals surface area contributed by atoms with Crippen molar-refractivity contribution >= 4 is 5.97 Å². The third kappa shape index (κ3) is 11.1. The van der Waals surface area contributed by atoms with Gasteiger partial charge in [0.15, 0.2) is 0 Å². The molecule has 0 saturated carbocycles. The van der Waals surface area contributed by atoms with Crippen LogP contribution in [-0.2, 0) is 9.53 Å². The van der Waals surface area contributed by atoms with Gasteiger partial charge in [0.2, 0.25) is 0 Å². The Morgan fingerprint density at radius 3 is 2.00 bits per heavy atom. The number of ether oxygens (including phenoxy) is 1. The number of rotatable bonds is 9. The molecule has 0 bridgehead atoms. The Balaban J connectivity index is 4.04. The van der Waals surface area contributed by atoms with Crippen LogP contribution in [0, 0.1) is 5.92 Å². The molecule has 0 N–H and O–H groups in total. The molecule has 0 spiro atoms. The number of carbonyl (C=O) groups is 1. The van der Waals surface area contributed by atoms with E-state index in [0.29, 0.717) is 0 Å². The third-order valence-electron chi connectivity index (χ3n) is 3.55. The maximum atomic E-state index is 11.3. The molecule has 0 amide bonds. The quantitative estimate of drug-likeness (QED) is 0.408. The van der Waals surface area contributed by atoms with E-state index in [1.54, 1.807) is 0 Å². The van der Waals surface area contributed by atoms with Crippen LogP contribution in [0.15, 0.2) is 34.9 Å². The fraction of sp³-hybridized carbons (Fsp3) is 0.632. The molecule has 0 aromatic carbocycles. The van der Waals surface area contributed by atoms with E-state index in [-0.39, 0.29) is 11.9 Å². The molecule has 0 radical (unpaired) electrons. The SMILES string of the molecule is COC(=O)C(C)CC=C(C)CCC=C(C)CCC=C(C)C. The van der Waals surface area contributed by atoms with Crippen molar-refractivity contribution in [2.24, 2.45) is 5.92 Å². The Morgan fingerprint density at radius 2 is 1.48 bits per heavy atom. The van der Waals surface area contributed by atoms with E-state index in [9.17, 15) is 4.79 Å². The summed E-state index contributed by atoms with van der Waals surface area (Å²) in [5.74, 6) is -0.180. The van der Waals surface area contributed by atoms with E-state index in [1.807, 2.05) is 6.92 Å². The molecule has 0 rings (SSSR count). The van der Waals surface area contributed by atoms with Crippen LogP contribution >= 0.6 is 0 Å². The van der Waals surface area contributed by atoms with Gasteiger partial charge in [0.05, 0.1) is 13.0 Å². The summed E-state index contributed by atoms with van der Waals surface area (Å²) < 4.78 is 4.73. The zero-order chi connectivity index (χ0) is 16.3. The molecule has 0 aromatic heterocycles. The molecule has 1 atom stereocenters. The Morgan fingerprint density at radius 1 is 0.952 bits per heavy atom. The first-order valence-electron chi connectivity index (χ1n) is 7.89. The second-order valence-corrected chi connectivity index (χ2v) is 6.12. The Bertz CT molecular complexity index is 396. The smallest absolute Gasteiger partial charge is 0.308 e. The minimum Gasteiger partial charge on any atom is -0.469 e. The number of esters is 1. The first kappa shape index (κ1) is 19.7. The molecule has 21 heavy (non-hydrogen) atoms. The van der Waals surface area contributed by atoms with Crippen LogP contribution in [0.3, 0.4) is 0 Å². The molecule has 0 aliphatic heterocycles. The van der Waals surface area contributed by atoms with Gasteiger partial charge in [0, 0.05) is 0 Å². The summed E-state index contributed by atoms with van der Waals surface area (Å²) in [7, 11) is 1.44. The largest absolute Gasteiger partial charge is 0.469 e. The van der Waals surface area contributed by atoms with Crippen molar-refractivity contribution in [3.63, 3.8) is 0 Å². The van der Waals surface area contributed by atoms with E-state index in [2.05, 4.69) is 45.9 Å². The van der Waals surface area contributed by atoms with Gasteiger partial charge >= 0.3 is 5.97 Å². The Hall–Kier alpha value is -1.31. The lowest BCUT2D eigenvalue weighted by atomic mass is 10.0. The van der Waals surface area contributed by atoms with Crippen LogP contribution < -0.4 is 0 Å². The zero-order valence-corrected chi connectivity index (χ0v) is 14.7. The average molecular weight is 292 g/mol. The molecule has 0 aliphatic rings. The average Bonchev–Trinajstić information content (AvgIpc) is 2.43. The van der Waals surface area contributed by atoms with Crippen molar-refractivity contribution in [3.8, 4) is 0 Å². The minimum absolute atomic E-state index is 0.0497. The maximum Gasteiger partial charge on any atom is 0.308 e. The molecule has 2 heteroatoms. The lowest BCUT2D eigenvalue weighted by Gasteiger charge is -2.06. The highest BCUT2D eigenvalue weighted by Gasteiger charge is 2.10. The topological polar surface area (TPSA) is 26.3 Å². The monoisotopic (exact) mass is 292 g/mol. The van der Waals surface area contributed by atoms with Gasteiger partial charge in [-0.05, 0) is 59.8 Å². The Kier molecular flexibility index (Phi) is 10.7. The van der Waals surface area contributed by atoms with Crippen LogP contribution in [0.5, 0.6) is 0 Å². The van der Waals surface area contributed by atoms with Crippen molar-refractivity contribution in [1.82, 2.24) is 0 Å². The molecule has 0 saturated heterocycles. The normalized spacial score (nSPS) is 13.8. The van der Waals surface area contributed by atoms with Crippen molar-refractivity contribution < 1.29 is 9.53 Å². The van der Waals surface area contributed by atoms with E-state index in [4.69, 9.17) is 4.74 Å². The molecule has 1 unspecified atom stereocenters. The fourth-order valence-electron chi connectivity index (χ4n) is 2.01. The van der Waals surface area contributed by atoms with E-state index < -0.39 is 0 Å². The predicted molar refractivity (Wildman–Crippen MR) is 91.2 cm³/mol. The summed E-state index contributed by atoms with van der Waals surface area (Å²) in [6.07, 6.45) is 12.0. The number of allylic oxidation sites excluding steroid dienone is 6. The van der Waals surface area contributed by atoms with Gasteiger partial charge in [0.25, 0.3) is 0 Å². The van der Waals surface area contributed by atoms with Gasteiger partial charge in [0.1, 0.15) is 0 Å². The van der Waals surface area contributed by atoms with Gasteiger partial charge in [-0.2, -0.15) is 0 Å². The molecule has 0 aliphatic carbocycles. The van der Waals surface area contributed by atoms with Gasteiger partial charge in [-0.3, -0.25) is 4.79 Å². The summed E-state index contributed by atoms with van der Waals surface area (Å²) in [5, 5.41) is 0. The molecule has 0 heterocycles. The van der Waals surface area contributed by atoms with Crippen LogP contribution in [-0.4, -0.2) is 13.1 Å². The molecule has 0 fully saturated rings. The van der Waals surface area contributed by atoms with Crippen molar-refractivity contribution in [2.75, 3.05) is 7.11 Å². The van der Waals surface area contributed by atoms with Crippen LogP contribution in [0.1, 0.15) is 66.7 Å². The van der Waals surface area contributed by atoms with Gasteiger partial charge < -0.3 is 4.74 Å². The summed E-state index contributed by atoms with van der Waals surface area (Å²) in [6.45, 7) is 10.5. The second-order valence-electron chi connectivity index (χ2n) is 6.12. The van der Waals surface area contributed by atoms with Crippen LogP contribution in [0.2, 0.25) is 0 Å². The second kappa shape index (κ2) is 11.4. The van der Waals surface area contributed by atoms with Crippen LogP contribution in [0.4, 0.5) is 0 Å². The van der Waals surface area contributed by atoms with Crippen LogP contribution in [0.25, 0.3) is 0 Å². The van der Waals surface area contributed by atoms with Gasteiger partial charge in [-0.1, -0.05) is 41.9 Å². The fourth-order valence-corrected chi connectivity index (χ4v) is 2.01. The summed E-state index contributed by atoms with van der Waals surface area (Å²) in [4.78, 5) is 11.3.